The predicted molar refractivity (Wildman–Crippen MR) is 60.0 cm³/mol. The zero-order valence-electron chi connectivity index (χ0n) is 6.73. The summed E-state index contributed by atoms with van der Waals surface area (Å²) in [6.45, 7) is 0. The second-order valence-electron chi connectivity index (χ2n) is 2.10. The van der Waals surface area contributed by atoms with Crippen molar-refractivity contribution in [2.24, 2.45) is 0 Å². The van der Waals surface area contributed by atoms with Crippen molar-refractivity contribution in [3.63, 3.8) is 0 Å². The molecular formula is C8H8Cl2S2. The van der Waals surface area contributed by atoms with E-state index in [-0.39, 0.29) is 0 Å². The summed E-state index contributed by atoms with van der Waals surface area (Å²) in [5, 5.41) is 1.49. The van der Waals surface area contributed by atoms with E-state index in [1.807, 2.05) is 24.6 Å². The lowest BCUT2D eigenvalue weighted by Gasteiger charge is -2.06. The third-order valence-corrected chi connectivity index (χ3v) is 4.09. The Kier molecular flexibility index (Phi) is 4.11. The van der Waals surface area contributed by atoms with Crippen molar-refractivity contribution in [1.82, 2.24) is 0 Å². The molecule has 0 aromatic heterocycles. The van der Waals surface area contributed by atoms with Crippen LogP contribution >= 0.6 is 46.7 Å². The Bertz CT molecular complexity index is 287. The first-order valence-electron chi connectivity index (χ1n) is 3.26. The van der Waals surface area contributed by atoms with E-state index in [1.54, 1.807) is 23.5 Å². The fraction of sp³-hybridized carbons (Fsp3) is 0.250. The summed E-state index contributed by atoms with van der Waals surface area (Å²) in [6, 6.07) is 3.82. The van der Waals surface area contributed by atoms with Crippen LogP contribution in [0.5, 0.6) is 0 Å². The number of halogens is 2. The third-order valence-electron chi connectivity index (χ3n) is 1.44. The van der Waals surface area contributed by atoms with E-state index in [9.17, 15) is 0 Å². The number of benzene rings is 1. The highest BCUT2D eigenvalue weighted by molar-refractivity contribution is 7.99. The molecule has 0 atom stereocenters. The second-order valence-corrected chi connectivity index (χ2v) is 4.55. The van der Waals surface area contributed by atoms with E-state index in [0.717, 1.165) is 19.8 Å². The van der Waals surface area contributed by atoms with Crippen LogP contribution in [-0.2, 0) is 0 Å². The lowest BCUT2D eigenvalue weighted by atomic mass is 10.3. The van der Waals surface area contributed by atoms with Gasteiger partial charge in [0, 0.05) is 9.79 Å². The van der Waals surface area contributed by atoms with Gasteiger partial charge in [-0.3, -0.25) is 0 Å². The van der Waals surface area contributed by atoms with Crippen molar-refractivity contribution in [3.05, 3.63) is 22.2 Å². The molecule has 0 heterocycles. The van der Waals surface area contributed by atoms with E-state index < -0.39 is 0 Å². The maximum atomic E-state index is 6.09. The molecule has 0 nitrogen and oxygen atoms in total. The monoisotopic (exact) mass is 238 g/mol. The molecule has 0 aliphatic carbocycles. The summed E-state index contributed by atoms with van der Waals surface area (Å²) in [6.07, 6.45) is 3.97. The number of hydrogen-bond donors (Lipinski definition) is 0. The van der Waals surface area contributed by atoms with Gasteiger partial charge in [-0.15, -0.1) is 23.5 Å². The molecule has 0 amide bonds. The molecule has 0 aliphatic rings. The molecular weight excluding hydrogens is 231 g/mol. The van der Waals surface area contributed by atoms with Crippen LogP contribution in [0.3, 0.4) is 0 Å². The third kappa shape index (κ3) is 2.05. The molecule has 0 radical (unpaired) electrons. The van der Waals surface area contributed by atoms with E-state index >= 15 is 0 Å². The molecule has 0 N–H and O–H groups in total. The van der Waals surface area contributed by atoms with Gasteiger partial charge in [-0.2, -0.15) is 0 Å². The van der Waals surface area contributed by atoms with Crippen molar-refractivity contribution in [2.75, 3.05) is 12.5 Å². The average Bonchev–Trinajstić information content (AvgIpc) is 2.06. The lowest BCUT2D eigenvalue weighted by Crippen LogP contribution is -1.79. The zero-order chi connectivity index (χ0) is 9.14. The van der Waals surface area contributed by atoms with Crippen LogP contribution < -0.4 is 0 Å². The highest BCUT2D eigenvalue weighted by atomic mass is 35.5. The first-order valence-corrected chi connectivity index (χ1v) is 6.47. The molecule has 0 aliphatic heterocycles. The number of rotatable bonds is 2. The van der Waals surface area contributed by atoms with Crippen molar-refractivity contribution >= 4 is 46.7 Å². The Morgan fingerprint density at radius 1 is 1.08 bits per heavy atom. The van der Waals surface area contributed by atoms with Gasteiger partial charge in [-0.25, -0.2) is 0 Å². The molecule has 0 unspecified atom stereocenters. The first kappa shape index (κ1) is 10.6. The van der Waals surface area contributed by atoms with Gasteiger partial charge < -0.3 is 0 Å². The Morgan fingerprint density at radius 3 is 2.25 bits per heavy atom. The van der Waals surface area contributed by atoms with E-state index in [1.165, 1.54) is 0 Å². The van der Waals surface area contributed by atoms with Gasteiger partial charge in [0.25, 0.3) is 0 Å². The summed E-state index contributed by atoms with van der Waals surface area (Å²) >= 11 is 15.2. The normalized spacial score (nSPS) is 10.3. The molecule has 12 heavy (non-hydrogen) atoms. The SMILES string of the molecule is CSc1ccc(Cl)c(SC)c1Cl. The first-order chi connectivity index (χ1) is 5.70. The van der Waals surface area contributed by atoms with Gasteiger partial charge in [0.1, 0.15) is 0 Å². The largest absolute Gasteiger partial charge is 0.128 e. The van der Waals surface area contributed by atoms with Crippen LogP contribution in [0.25, 0.3) is 0 Å². The minimum absolute atomic E-state index is 0.727. The van der Waals surface area contributed by atoms with E-state index in [2.05, 4.69) is 0 Å². The molecule has 0 saturated carbocycles. The minimum Gasteiger partial charge on any atom is -0.128 e. The molecule has 0 spiro atoms. The smallest absolute Gasteiger partial charge is 0.0692 e. The van der Waals surface area contributed by atoms with Gasteiger partial charge in [-0.1, -0.05) is 23.2 Å². The van der Waals surface area contributed by atoms with Gasteiger partial charge in [0.15, 0.2) is 0 Å². The van der Waals surface area contributed by atoms with E-state index in [0.29, 0.717) is 0 Å². The van der Waals surface area contributed by atoms with Gasteiger partial charge >= 0.3 is 0 Å². The van der Waals surface area contributed by atoms with Gasteiger partial charge in [-0.05, 0) is 24.6 Å². The average molecular weight is 239 g/mol. The molecule has 4 heteroatoms. The van der Waals surface area contributed by atoms with Gasteiger partial charge in [0.2, 0.25) is 0 Å². The van der Waals surface area contributed by atoms with Crippen molar-refractivity contribution in [2.45, 2.75) is 9.79 Å². The fourth-order valence-corrected chi connectivity index (χ4v) is 3.03. The van der Waals surface area contributed by atoms with Crippen molar-refractivity contribution in [3.8, 4) is 0 Å². The fourth-order valence-electron chi connectivity index (χ4n) is 0.859. The highest BCUT2D eigenvalue weighted by Crippen LogP contribution is 2.38. The summed E-state index contributed by atoms with van der Waals surface area (Å²) in [4.78, 5) is 2.04. The number of thioether (sulfide) groups is 2. The van der Waals surface area contributed by atoms with Crippen molar-refractivity contribution in [1.29, 1.82) is 0 Å². The van der Waals surface area contributed by atoms with Crippen LogP contribution in [0.2, 0.25) is 10.0 Å². The summed E-state index contributed by atoms with van der Waals surface area (Å²) in [7, 11) is 0. The standard InChI is InChI=1S/C8H8Cl2S2/c1-11-6-4-3-5(9)8(12-2)7(6)10/h3-4H,1-2H3. The van der Waals surface area contributed by atoms with E-state index in [4.69, 9.17) is 23.2 Å². The molecule has 1 rings (SSSR count). The van der Waals surface area contributed by atoms with Crippen LogP contribution in [0.4, 0.5) is 0 Å². The number of hydrogen-bond acceptors (Lipinski definition) is 2. The predicted octanol–water partition coefficient (Wildman–Crippen LogP) is 4.44. The molecule has 1 aromatic carbocycles. The Labute approximate surface area is 91.0 Å². The zero-order valence-corrected chi connectivity index (χ0v) is 9.87. The van der Waals surface area contributed by atoms with Crippen LogP contribution in [-0.4, -0.2) is 12.5 Å². The maximum Gasteiger partial charge on any atom is 0.0692 e. The maximum absolute atomic E-state index is 6.09. The molecule has 66 valence electrons. The molecule has 1 aromatic rings. The summed E-state index contributed by atoms with van der Waals surface area (Å²) < 4.78 is 0. The summed E-state index contributed by atoms with van der Waals surface area (Å²) in [5.41, 5.74) is 0. The topological polar surface area (TPSA) is 0 Å². The van der Waals surface area contributed by atoms with Gasteiger partial charge in [0.05, 0.1) is 10.0 Å². The molecule has 0 saturated heterocycles. The van der Waals surface area contributed by atoms with Crippen molar-refractivity contribution < 1.29 is 0 Å². The second kappa shape index (κ2) is 4.66. The Balaban J connectivity index is 3.24. The minimum atomic E-state index is 0.727. The highest BCUT2D eigenvalue weighted by Gasteiger charge is 2.08. The van der Waals surface area contributed by atoms with Crippen LogP contribution in [0, 0.1) is 0 Å². The molecule has 0 fully saturated rings. The summed E-state index contributed by atoms with van der Waals surface area (Å²) in [5.74, 6) is 0. The molecule has 0 bridgehead atoms. The van der Waals surface area contributed by atoms with Crippen LogP contribution in [0.1, 0.15) is 0 Å². The Hall–Kier alpha value is 0.500. The lowest BCUT2D eigenvalue weighted by molar-refractivity contribution is 1.34. The Morgan fingerprint density at radius 2 is 1.75 bits per heavy atom. The van der Waals surface area contributed by atoms with Crippen LogP contribution in [0.15, 0.2) is 21.9 Å². The quantitative estimate of drug-likeness (QED) is 0.700.